The number of hydrogen-bond donors (Lipinski definition) is 3. The van der Waals surface area contributed by atoms with E-state index in [2.05, 4.69) is 26.6 Å². The first-order valence-corrected chi connectivity index (χ1v) is 6.61. The lowest BCUT2D eigenvalue weighted by molar-refractivity contribution is -0.145. The number of carbonyl (C=O) groups excluding carboxylic acids is 1. The van der Waals surface area contributed by atoms with Gasteiger partial charge in [0.15, 0.2) is 0 Å². The van der Waals surface area contributed by atoms with Gasteiger partial charge in [0, 0.05) is 12.1 Å². The Morgan fingerprint density at radius 2 is 1.95 bits per heavy atom. The van der Waals surface area contributed by atoms with Crippen molar-refractivity contribution in [3.63, 3.8) is 0 Å². The molecule has 0 aromatic heterocycles. The highest BCUT2D eigenvalue weighted by molar-refractivity contribution is 9.10. The standard InChI is InChI=1S/C12H11BrF2N2O3/c13-10-8(15)3-6(14)4-9(10)17-12(20)16-7-1-5(2-7)11(18)19/h3-5,7H,1-2H2,(H,18,19)(H2,16,17,20). The van der Waals surface area contributed by atoms with Crippen LogP contribution in [0.15, 0.2) is 16.6 Å². The third-order valence-electron chi connectivity index (χ3n) is 3.06. The molecule has 0 atom stereocenters. The van der Waals surface area contributed by atoms with Crippen molar-refractivity contribution in [2.45, 2.75) is 18.9 Å². The summed E-state index contributed by atoms with van der Waals surface area (Å²) >= 11 is 2.91. The van der Waals surface area contributed by atoms with Crippen molar-refractivity contribution in [2.75, 3.05) is 5.32 Å². The third-order valence-corrected chi connectivity index (χ3v) is 3.87. The molecule has 8 heteroatoms. The van der Waals surface area contributed by atoms with Crippen molar-refractivity contribution in [3.8, 4) is 0 Å². The number of halogens is 3. The molecule has 1 fully saturated rings. The molecule has 1 saturated carbocycles. The summed E-state index contributed by atoms with van der Waals surface area (Å²) < 4.78 is 26.2. The summed E-state index contributed by atoms with van der Waals surface area (Å²) in [6.45, 7) is 0. The maximum atomic E-state index is 13.2. The van der Waals surface area contributed by atoms with Crippen LogP contribution in [0.3, 0.4) is 0 Å². The fourth-order valence-electron chi connectivity index (χ4n) is 1.93. The summed E-state index contributed by atoms with van der Waals surface area (Å²) in [4.78, 5) is 22.2. The Morgan fingerprint density at radius 1 is 1.30 bits per heavy atom. The third kappa shape index (κ3) is 3.24. The normalized spacial score (nSPS) is 20.9. The second-order valence-electron chi connectivity index (χ2n) is 4.55. The van der Waals surface area contributed by atoms with Crippen LogP contribution in [0.25, 0.3) is 0 Å². The van der Waals surface area contributed by atoms with Gasteiger partial charge in [-0.1, -0.05) is 0 Å². The van der Waals surface area contributed by atoms with Gasteiger partial charge in [-0.05, 0) is 34.8 Å². The maximum absolute atomic E-state index is 13.2. The number of nitrogens with one attached hydrogen (secondary N) is 2. The molecule has 0 radical (unpaired) electrons. The molecule has 2 amide bonds. The van der Waals surface area contributed by atoms with Gasteiger partial charge < -0.3 is 15.7 Å². The molecule has 108 valence electrons. The van der Waals surface area contributed by atoms with Crippen molar-refractivity contribution in [3.05, 3.63) is 28.2 Å². The topological polar surface area (TPSA) is 78.4 Å². The number of anilines is 1. The molecule has 2 rings (SSSR count). The molecular weight excluding hydrogens is 338 g/mol. The first-order valence-electron chi connectivity index (χ1n) is 5.81. The Labute approximate surface area is 121 Å². The van der Waals surface area contributed by atoms with Gasteiger partial charge in [-0.25, -0.2) is 13.6 Å². The number of urea groups is 1. The second-order valence-corrected chi connectivity index (χ2v) is 5.34. The minimum absolute atomic E-state index is 0.0332. The fourth-order valence-corrected chi connectivity index (χ4v) is 2.26. The van der Waals surface area contributed by atoms with Gasteiger partial charge >= 0.3 is 12.0 Å². The van der Waals surface area contributed by atoms with Crippen LogP contribution >= 0.6 is 15.9 Å². The van der Waals surface area contributed by atoms with E-state index in [0.717, 1.165) is 6.07 Å². The minimum Gasteiger partial charge on any atom is -0.481 e. The summed E-state index contributed by atoms with van der Waals surface area (Å²) in [5, 5.41) is 13.5. The van der Waals surface area contributed by atoms with Crippen molar-refractivity contribution < 1.29 is 23.5 Å². The molecule has 20 heavy (non-hydrogen) atoms. The molecular formula is C12H11BrF2N2O3. The Balaban J connectivity index is 1.91. The summed E-state index contributed by atoms with van der Waals surface area (Å²) in [6, 6.07) is 0.794. The van der Waals surface area contributed by atoms with Crippen LogP contribution in [0, 0.1) is 17.6 Å². The van der Waals surface area contributed by atoms with E-state index in [9.17, 15) is 18.4 Å². The number of carbonyl (C=O) groups is 2. The van der Waals surface area contributed by atoms with Crippen LogP contribution in [-0.4, -0.2) is 23.1 Å². The average molecular weight is 349 g/mol. The number of hydrogen-bond acceptors (Lipinski definition) is 2. The molecule has 3 N–H and O–H groups in total. The van der Waals surface area contributed by atoms with Crippen molar-refractivity contribution in [2.24, 2.45) is 5.92 Å². The number of benzene rings is 1. The van der Waals surface area contributed by atoms with Crippen LogP contribution < -0.4 is 10.6 Å². The van der Waals surface area contributed by atoms with Crippen LogP contribution in [0.4, 0.5) is 19.3 Å². The van der Waals surface area contributed by atoms with Crippen molar-refractivity contribution in [1.82, 2.24) is 5.32 Å². The highest BCUT2D eigenvalue weighted by Crippen LogP contribution is 2.29. The van der Waals surface area contributed by atoms with Gasteiger partial charge in [0.2, 0.25) is 0 Å². The summed E-state index contributed by atoms with van der Waals surface area (Å²) in [5.41, 5.74) is -0.0332. The zero-order chi connectivity index (χ0) is 14.9. The highest BCUT2D eigenvalue weighted by atomic mass is 79.9. The van der Waals surface area contributed by atoms with Gasteiger partial charge in [-0.2, -0.15) is 0 Å². The number of amides is 2. The predicted molar refractivity (Wildman–Crippen MR) is 70.4 cm³/mol. The predicted octanol–water partition coefficient (Wildman–Crippen LogP) is 2.71. The van der Waals surface area contributed by atoms with Gasteiger partial charge in [0.25, 0.3) is 0 Å². The van der Waals surface area contributed by atoms with Crippen molar-refractivity contribution >= 4 is 33.6 Å². The maximum Gasteiger partial charge on any atom is 0.319 e. The second kappa shape index (κ2) is 5.74. The van der Waals surface area contributed by atoms with Crippen LogP contribution in [0.5, 0.6) is 0 Å². The molecule has 5 nitrogen and oxygen atoms in total. The first-order chi connectivity index (χ1) is 9.36. The summed E-state index contributed by atoms with van der Waals surface area (Å²) in [7, 11) is 0. The molecule has 1 aliphatic carbocycles. The van der Waals surface area contributed by atoms with E-state index >= 15 is 0 Å². The molecule has 1 aromatic rings. The van der Waals surface area contributed by atoms with Crippen LogP contribution in [-0.2, 0) is 4.79 Å². The molecule has 0 spiro atoms. The summed E-state index contributed by atoms with van der Waals surface area (Å²) in [5.74, 6) is -2.97. The lowest BCUT2D eigenvalue weighted by Crippen LogP contribution is -2.48. The van der Waals surface area contributed by atoms with E-state index < -0.39 is 29.6 Å². The molecule has 1 aromatic carbocycles. The number of rotatable bonds is 3. The molecule has 0 aliphatic heterocycles. The number of carboxylic acid groups (broad SMARTS) is 1. The number of aliphatic carboxylic acids is 1. The Bertz CT molecular complexity index is 562. The zero-order valence-corrected chi connectivity index (χ0v) is 11.7. The molecule has 0 saturated heterocycles. The quantitative estimate of drug-likeness (QED) is 0.735. The molecule has 0 unspecified atom stereocenters. The lowest BCUT2D eigenvalue weighted by atomic mass is 9.80. The molecule has 1 aliphatic rings. The highest BCUT2D eigenvalue weighted by Gasteiger charge is 2.35. The fraction of sp³-hybridized carbons (Fsp3) is 0.333. The Morgan fingerprint density at radius 3 is 2.55 bits per heavy atom. The minimum atomic E-state index is -0.890. The SMILES string of the molecule is O=C(Nc1cc(F)cc(F)c1Br)NC1CC(C(=O)O)C1. The smallest absolute Gasteiger partial charge is 0.319 e. The van der Waals surface area contributed by atoms with Crippen LogP contribution in [0.1, 0.15) is 12.8 Å². The van der Waals surface area contributed by atoms with Crippen molar-refractivity contribution in [1.29, 1.82) is 0 Å². The number of carboxylic acids is 1. The van der Waals surface area contributed by atoms with Gasteiger partial charge in [-0.15, -0.1) is 0 Å². The van der Waals surface area contributed by atoms with Gasteiger partial charge in [-0.3, -0.25) is 4.79 Å². The van der Waals surface area contributed by atoms with Gasteiger partial charge in [0.05, 0.1) is 16.1 Å². The van der Waals surface area contributed by atoms with E-state index in [1.807, 2.05) is 0 Å². The molecule has 0 heterocycles. The van der Waals surface area contributed by atoms with Gasteiger partial charge in [0.1, 0.15) is 11.6 Å². The first kappa shape index (κ1) is 14.7. The largest absolute Gasteiger partial charge is 0.481 e. The van der Waals surface area contributed by atoms with E-state index in [0.29, 0.717) is 18.9 Å². The zero-order valence-electron chi connectivity index (χ0n) is 10.1. The van der Waals surface area contributed by atoms with E-state index in [1.165, 1.54) is 0 Å². The Hall–Kier alpha value is -1.70. The average Bonchev–Trinajstić information content (AvgIpc) is 2.29. The monoisotopic (exact) mass is 348 g/mol. The lowest BCUT2D eigenvalue weighted by Gasteiger charge is -2.32. The van der Waals surface area contributed by atoms with E-state index in [1.54, 1.807) is 0 Å². The van der Waals surface area contributed by atoms with E-state index in [-0.39, 0.29) is 16.2 Å². The molecule has 0 bridgehead atoms. The van der Waals surface area contributed by atoms with Crippen LogP contribution in [0.2, 0.25) is 0 Å². The van der Waals surface area contributed by atoms with E-state index in [4.69, 9.17) is 5.11 Å². The Kier molecular flexibility index (Phi) is 4.22. The summed E-state index contributed by atoms with van der Waals surface area (Å²) in [6.07, 6.45) is 0.697.